The number of nitrogens with one attached hydrogen (secondary N) is 1. The van der Waals surface area contributed by atoms with Crippen molar-refractivity contribution in [2.45, 2.75) is 26.3 Å². The first-order valence-electron chi connectivity index (χ1n) is 6.60. The summed E-state index contributed by atoms with van der Waals surface area (Å²) in [6.45, 7) is 5.19. The van der Waals surface area contributed by atoms with Crippen LogP contribution in [0.2, 0.25) is 0 Å². The zero-order chi connectivity index (χ0) is 13.7. The van der Waals surface area contributed by atoms with Gasteiger partial charge in [-0.15, -0.1) is 0 Å². The Kier molecular flexibility index (Phi) is 5.11. The van der Waals surface area contributed by atoms with Crippen molar-refractivity contribution in [1.82, 2.24) is 10.3 Å². The van der Waals surface area contributed by atoms with Gasteiger partial charge in [0.1, 0.15) is 0 Å². The van der Waals surface area contributed by atoms with Crippen LogP contribution in [0, 0.1) is 6.92 Å². The van der Waals surface area contributed by atoms with Gasteiger partial charge in [-0.2, -0.15) is 0 Å². The first-order chi connectivity index (χ1) is 9.22. The number of aromatic nitrogens is 1. The summed E-state index contributed by atoms with van der Waals surface area (Å²) in [4.78, 5) is 4.50. The first kappa shape index (κ1) is 14.2. The van der Waals surface area contributed by atoms with Crippen molar-refractivity contribution < 1.29 is 0 Å². The lowest BCUT2D eigenvalue weighted by molar-refractivity contribution is 0.541. The second-order valence-corrected chi connectivity index (χ2v) is 5.46. The molecule has 0 amide bonds. The van der Waals surface area contributed by atoms with Crippen molar-refractivity contribution in [2.24, 2.45) is 0 Å². The highest BCUT2D eigenvalue weighted by Gasteiger charge is 2.15. The molecule has 19 heavy (non-hydrogen) atoms. The Bertz CT molecular complexity index is 540. The quantitative estimate of drug-likeness (QED) is 0.899. The van der Waals surface area contributed by atoms with Gasteiger partial charge in [-0.1, -0.05) is 47.1 Å². The van der Waals surface area contributed by atoms with Crippen LogP contribution in [0.15, 0.2) is 47.1 Å². The lowest BCUT2D eigenvalue weighted by atomic mass is 9.99. The first-order valence-corrected chi connectivity index (χ1v) is 7.40. The van der Waals surface area contributed by atoms with Gasteiger partial charge in [-0.3, -0.25) is 4.98 Å². The molecule has 2 rings (SSSR count). The molecule has 0 radical (unpaired) electrons. The van der Waals surface area contributed by atoms with E-state index in [2.05, 4.69) is 64.3 Å². The molecule has 2 nitrogen and oxygen atoms in total. The van der Waals surface area contributed by atoms with Crippen LogP contribution in [0.1, 0.15) is 29.8 Å². The minimum Gasteiger partial charge on any atom is -0.310 e. The molecule has 0 saturated carbocycles. The second-order valence-electron chi connectivity index (χ2n) is 4.60. The van der Waals surface area contributed by atoms with Gasteiger partial charge < -0.3 is 5.32 Å². The minimum absolute atomic E-state index is 0.286. The summed E-state index contributed by atoms with van der Waals surface area (Å²) in [6, 6.07) is 12.8. The van der Waals surface area contributed by atoms with E-state index in [1.54, 1.807) is 0 Å². The maximum atomic E-state index is 4.50. The summed E-state index contributed by atoms with van der Waals surface area (Å²) in [5.41, 5.74) is 3.69. The zero-order valence-electron chi connectivity index (χ0n) is 11.4. The molecule has 100 valence electrons. The average molecular weight is 319 g/mol. The van der Waals surface area contributed by atoms with Crippen molar-refractivity contribution in [3.63, 3.8) is 0 Å². The van der Waals surface area contributed by atoms with Gasteiger partial charge in [0.2, 0.25) is 0 Å². The van der Waals surface area contributed by atoms with E-state index in [0.717, 1.165) is 23.1 Å². The fraction of sp³-hybridized carbons (Fsp3) is 0.312. The van der Waals surface area contributed by atoms with Crippen molar-refractivity contribution >= 4 is 15.9 Å². The van der Waals surface area contributed by atoms with E-state index in [0.29, 0.717) is 0 Å². The van der Waals surface area contributed by atoms with Crippen LogP contribution in [-0.4, -0.2) is 11.5 Å². The third-order valence-electron chi connectivity index (χ3n) is 3.25. The Morgan fingerprint density at radius 3 is 2.68 bits per heavy atom. The smallest absolute Gasteiger partial charge is 0.0451 e. The van der Waals surface area contributed by atoms with Gasteiger partial charge in [0.15, 0.2) is 0 Å². The SMILES string of the molecule is CCNC(Cc1ncccc1C)c1ccccc1Br. The predicted molar refractivity (Wildman–Crippen MR) is 83.2 cm³/mol. The van der Waals surface area contributed by atoms with Gasteiger partial charge in [0.05, 0.1) is 0 Å². The van der Waals surface area contributed by atoms with Crippen LogP contribution >= 0.6 is 15.9 Å². The number of aryl methyl sites for hydroxylation is 1. The zero-order valence-corrected chi connectivity index (χ0v) is 12.9. The van der Waals surface area contributed by atoms with Crippen LogP contribution in [0.4, 0.5) is 0 Å². The lowest BCUT2D eigenvalue weighted by Gasteiger charge is -2.20. The summed E-state index contributed by atoms with van der Waals surface area (Å²) in [5, 5.41) is 3.55. The Morgan fingerprint density at radius 2 is 2.00 bits per heavy atom. The van der Waals surface area contributed by atoms with Crippen LogP contribution in [0.3, 0.4) is 0 Å². The van der Waals surface area contributed by atoms with E-state index in [1.165, 1.54) is 11.1 Å². The summed E-state index contributed by atoms with van der Waals surface area (Å²) in [7, 11) is 0. The molecule has 3 heteroatoms. The Labute approximate surface area is 123 Å². The number of hydrogen-bond acceptors (Lipinski definition) is 2. The molecule has 0 bridgehead atoms. The molecule has 0 spiro atoms. The largest absolute Gasteiger partial charge is 0.310 e. The maximum absolute atomic E-state index is 4.50. The normalized spacial score (nSPS) is 12.4. The number of rotatable bonds is 5. The molecular formula is C16H19BrN2. The number of likely N-dealkylation sites (N-methyl/N-ethyl adjacent to an activating group) is 1. The summed E-state index contributed by atoms with van der Waals surface area (Å²) in [6.07, 6.45) is 2.77. The Morgan fingerprint density at radius 1 is 1.21 bits per heavy atom. The molecule has 0 aliphatic heterocycles. The monoisotopic (exact) mass is 318 g/mol. The second kappa shape index (κ2) is 6.83. The molecule has 1 aromatic heterocycles. The number of pyridine rings is 1. The van der Waals surface area contributed by atoms with Gasteiger partial charge in [0.25, 0.3) is 0 Å². The molecule has 0 fully saturated rings. The molecule has 1 heterocycles. The minimum atomic E-state index is 0.286. The summed E-state index contributed by atoms with van der Waals surface area (Å²) in [5.74, 6) is 0. The molecule has 2 aromatic rings. The molecule has 1 aromatic carbocycles. The molecule has 1 N–H and O–H groups in total. The van der Waals surface area contributed by atoms with E-state index >= 15 is 0 Å². The lowest BCUT2D eigenvalue weighted by Crippen LogP contribution is -2.24. The van der Waals surface area contributed by atoms with Crippen molar-refractivity contribution in [1.29, 1.82) is 0 Å². The van der Waals surface area contributed by atoms with Gasteiger partial charge in [-0.25, -0.2) is 0 Å². The highest BCUT2D eigenvalue weighted by atomic mass is 79.9. The number of hydrogen-bond donors (Lipinski definition) is 1. The van der Waals surface area contributed by atoms with Crippen LogP contribution < -0.4 is 5.32 Å². The number of nitrogens with zero attached hydrogens (tertiary/aromatic N) is 1. The van der Waals surface area contributed by atoms with E-state index in [9.17, 15) is 0 Å². The number of benzene rings is 1. The van der Waals surface area contributed by atoms with E-state index < -0.39 is 0 Å². The van der Waals surface area contributed by atoms with Crippen molar-refractivity contribution in [3.8, 4) is 0 Å². The van der Waals surface area contributed by atoms with Crippen LogP contribution in [0.5, 0.6) is 0 Å². The molecule has 1 atom stereocenters. The molecule has 0 aliphatic carbocycles. The average Bonchev–Trinajstić information content (AvgIpc) is 2.41. The predicted octanol–water partition coefficient (Wildman–Crippen LogP) is 4.05. The standard InChI is InChI=1S/C16H19BrN2/c1-3-18-16(13-8-4-5-9-14(13)17)11-15-12(2)7-6-10-19-15/h4-10,16,18H,3,11H2,1-2H3. The van der Waals surface area contributed by atoms with Crippen molar-refractivity contribution in [3.05, 3.63) is 63.9 Å². The van der Waals surface area contributed by atoms with Crippen molar-refractivity contribution in [2.75, 3.05) is 6.54 Å². The van der Waals surface area contributed by atoms with E-state index in [-0.39, 0.29) is 6.04 Å². The van der Waals surface area contributed by atoms with Gasteiger partial charge >= 0.3 is 0 Å². The summed E-state index contributed by atoms with van der Waals surface area (Å²) < 4.78 is 1.15. The third kappa shape index (κ3) is 3.64. The molecule has 1 unspecified atom stereocenters. The molecular weight excluding hydrogens is 300 g/mol. The Balaban J connectivity index is 2.27. The van der Waals surface area contributed by atoms with E-state index in [4.69, 9.17) is 0 Å². The Hall–Kier alpha value is -1.19. The van der Waals surface area contributed by atoms with Gasteiger partial charge in [0, 0.05) is 28.8 Å². The fourth-order valence-electron chi connectivity index (χ4n) is 2.22. The molecule has 0 saturated heterocycles. The topological polar surface area (TPSA) is 24.9 Å². The number of halogens is 1. The van der Waals surface area contributed by atoms with Crippen LogP contribution in [-0.2, 0) is 6.42 Å². The van der Waals surface area contributed by atoms with E-state index in [1.807, 2.05) is 18.3 Å². The molecule has 0 aliphatic rings. The highest BCUT2D eigenvalue weighted by molar-refractivity contribution is 9.10. The third-order valence-corrected chi connectivity index (χ3v) is 3.97. The van der Waals surface area contributed by atoms with Crippen LogP contribution in [0.25, 0.3) is 0 Å². The maximum Gasteiger partial charge on any atom is 0.0451 e. The summed E-state index contributed by atoms with van der Waals surface area (Å²) >= 11 is 3.64. The van der Waals surface area contributed by atoms with Gasteiger partial charge in [-0.05, 0) is 36.7 Å². The highest BCUT2D eigenvalue weighted by Crippen LogP contribution is 2.26. The fourth-order valence-corrected chi connectivity index (χ4v) is 2.78.